The summed E-state index contributed by atoms with van der Waals surface area (Å²) in [6.45, 7) is 2.56. The predicted octanol–water partition coefficient (Wildman–Crippen LogP) is 1.40. The average Bonchev–Trinajstić information content (AvgIpc) is 2.95. The molecule has 0 aliphatic carbocycles. The van der Waals surface area contributed by atoms with Crippen LogP contribution < -0.4 is 0 Å². The minimum atomic E-state index is -0.822. The molecule has 18 heavy (non-hydrogen) atoms. The topological polar surface area (TPSA) is 70.5 Å². The van der Waals surface area contributed by atoms with E-state index >= 15 is 0 Å². The first-order valence-electron chi connectivity index (χ1n) is 5.89. The second-order valence-electron chi connectivity index (χ2n) is 4.91. The molecule has 1 N–H and O–H groups in total. The van der Waals surface area contributed by atoms with E-state index in [0.29, 0.717) is 32.4 Å². The number of aryl methyl sites for hydroxylation is 1. The Labute approximate surface area is 109 Å². The van der Waals surface area contributed by atoms with Gasteiger partial charge in [0.25, 0.3) is 0 Å². The van der Waals surface area contributed by atoms with Gasteiger partial charge in [-0.25, -0.2) is 4.98 Å². The quantitative estimate of drug-likeness (QED) is 0.896. The van der Waals surface area contributed by atoms with E-state index in [9.17, 15) is 9.59 Å². The second-order valence-corrected chi connectivity index (χ2v) is 5.63. The van der Waals surface area contributed by atoms with E-state index in [1.54, 1.807) is 17.3 Å². The van der Waals surface area contributed by atoms with Crippen molar-refractivity contribution in [1.82, 2.24) is 9.88 Å². The molecule has 98 valence electrons. The van der Waals surface area contributed by atoms with Gasteiger partial charge in [-0.3, -0.25) is 9.59 Å². The number of hydrogen-bond acceptors (Lipinski definition) is 4. The molecular formula is C12H16N2O3S. The highest BCUT2D eigenvalue weighted by Gasteiger charge is 2.41. The van der Waals surface area contributed by atoms with Gasteiger partial charge in [0, 0.05) is 24.9 Å². The lowest BCUT2D eigenvalue weighted by atomic mass is 9.90. The summed E-state index contributed by atoms with van der Waals surface area (Å²) in [7, 11) is 0. The highest BCUT2D eigenvalue weighted by atomic mass is 32.1. The molecule has 0 radical (unpaired) electrons. The summed E-state index contributed by atoms with van der Waals surface area (Å²) in [5.74, 6) is -0.801. The number of carboxylic acid groups (broad SMARTS) is 1. The van der Waals surface area contributed by atoms with E-state index in [1.807, 2.05) is 5.38 Å². The number of likely N-dealkylation sites (tertiary alicyclic amines) is 1. The molecule has 5 nitrogen and oxygen atoms in total. The maximum absolute atomic E-state index is 12.0. The van der Waals surface area contributed by atoms with E-state index in [2.05, 4.69) is 4.98 Å². The van der Waals surface area contributed by atoms with E-state index < -0.39 is 11.4 Å². The Hall–Kier alpha value is -1.43. The molecule has 1 amide bonds. The molecule has 0 saturated carbocycles. The summed E-state index contributed by atoms with van der Waals surface area (Å²) in [6.07, 6.45) is 1.56. The monoisotopic (exact) mass is 268 g/mol. The van der Waals surface area contributed by atoms with Gasteiger partial charge in [0.2, 0.25) is 5.91 Å². The van der Waals surface area contributed by atoms with Gasteiger partial charge >= 0.3 is 5.97 Å². The van der Waals surface area contributed by atoms with Crippen molar-refractivity contribution in [2.24, 2.45) is 5.41 Å². The number of aromatic nitrogens is 1. The fraction of sp³-hybridized carbons (Fsp3) is 0.583. The molecule has 1 aliphatic rings. The minimum absolute atomic E-state index is 0.0213. The minimum Gasteiger partial charge on any atom is -0.481 e. The lowest BCUT2D eigenvalue weighted by Crippen LogP contribution is -2.34. The summed E-state index contributed by atoms with van der Waals surface area (Å²) >= 11 is 1.51. The van der Waals surface area contributed by atoms with Gasteiger partial charge in [-0.15, -0.1) is 11.3 Å². The maximum atomic E-state index is 12.0. The first kappa shape index (κ1) is 13.0. The lowest BCUT2D eigenvalue weighted by Gasteiger charge is -2.20. The van der Waals surface area contributed by atoms with E-state index in [4.69, 9.17) is 5.11 Å². The number of hydrogen-bond donors (Lipinski definition) is 1. The first-order chi connectivity index (χ1) is 8.51. The summed E-state index contributed by atoms with van der Waals surface area (Å²) in [5.41, 5.74) is 1.89. The molecule has 6 heteroatoms. The average molecular weight is 268 g/mol. The Balaban J connectivity index is 1.86. The van der Waals surface area contributed by atoms with Gasteiger partial charge in [-0.2, -0.15) is 0 Å². The van der Waals surface area contributed by atoms with Crippen LogP contribution in [0.3, 0.4) is 0 Å². The summed E-state index contributed by atoms with van der Waals surface area (Å²) in [5, 5.41) is 11.0. The SMILES string of the molecule is CC1(C(=O)O)CCN(C(=O)CCc2cscn2)C1. The summed E-state index contributed by atoms with van der Waals surface area (Å²) < 4.78 is 0. The van der Waals surface area contributed by atoms with E-state index in [1.165, 1.54) is 11.3 Å². The van der Waals surface area contributed by atoms with Crippen LogP contribution in [0, 0.1) is 5.41 Å². The Morgan fingerprint density at radius 1 is 1.61 bits per heavy atom. The number of carbonyl (C=O) groups excluding carboxylic acids is 1. The smallest absolute Gasteiger partial charge is 0.311 e. The van der Waals surface area contributed by atoms with Crippen LogP contribution in [0.2, 0.25) is 0 Å². The Morgan fingerprint density at radius 2 is 2.39 bits per heavy atom. The highest BCUT2D eigenvalue weighted by Crippen LogP contribution is 2.30. The number of carboxylic acids is 1. The fourth-order valence-electron chi connectivity index (χ4n) is 2.10. The van der Waals surface area contributed by atoms with Gasteiger partial charge in [0.15, 0.2) is 0 Å². The van der Waals surface area contributed by atoms with Gasteiger partial charge < -0.3 is 10.0 Å². The van der Waals surface area contributed by atoms with Crippen LogP contribution in [0.25, 0.3) is 0 Å². The third-order valence-electron chi connectivity index (χ3n) is 3.42. The molecule has 1 aliphatic heterocycles. The van der Waals surface area contributed by atoms with Crippen LogP contribution in [0.5, 0.6) is 0 Å². The van der Waals surface area contributed by atoms with Crippen LogP contribution in [-0.2, 0) is 16.0 Å². The molecule has 0 spiro atoms. The number of thiazole rings is 1. The third kappa shape index (κ3) is 2.69. The zero-order chi connectivity index (χ0) is 13.2. The van der Waals surface area contributed by atoms with Crippen LogP contribution in [0.4, 0.5) is 0 Å². The predicted molar refractivity (Wildman–Crippen MR) is 67.4 cm³/mol. The Morgan fingerprint density at radius 3 is 2.94 bits per heavy atom. The van der Waals surface area contributed by atoms with Crippen molar-refractivity contribution < 1.29 is 14.7 Å². The molecule has 0 aromatic carbocycles. The summed E-state index contributed by atoms with van der Waals surface area (Å²) in [6, 6.07) is 0. The number of rotatable bonds is 4. The molecule has 1 fully saturated rings. The van der Waals surface area contributed by atoms with Crippen LogP contribution >= 0.6 is 11.3 Å². The molecule has 0 bridgehead atoms. The van der Waals surface area contributed by atoms with Crippen molar-refractivity contribution in [3.05, 3.63) is 16.6 Å². The number of aliphatic carboxylic acids is 1. The Kier molecular flexibility index (Phi) is 3.65. The Bertz CT molecular complexity index is 446. The van der Waals surface area contributed by atoms with Crippen molar-refractivity contribution in [3.63, 3.8) is 0 Å². The second kappa shape index (κ2) is 5.06. The fourth-order valence-corrected chi connectivity index (χ4v) is 2.70. The van der Waals surface area contributed by atoms with Crippen molar-refractivity contribution in [2.45, 2.75) is 26.2 Å². The van der Waals surface area contributed by atoms with Gasteiger partial charge in [-0.1, -0.05) is 0 Å². The van der Waals surface area contributed by atoms with E-state index in [-0.39, 0.29) is 5.91 Å². The highest BCUT2D eigenvalue weighted by molar-refractivity contribution is 7.07. The molecule has 1 saturated heterocycles. The maximum Gasteiger partial charge on any atom is 0.311 e. The third-order valence-corrected chi connectivity index (χ3v) is 4.06. The normalized spacial score (nSPS) is 23.3. The van der Waals surface area contributed by atoms with Crippen molar-refractivity contribution in [3.8, 4) is 0 Å². The van der Waals surface area contributed by atoms with Crippen molar-refractivity contribution >= 4 is 23.2 Å². The van der Waals surface area contributed by atoms with Gasteiger partial charge in [-0.05, 0) is 19.8 Å². The molecule has 1 atom stereocenters. The lowest BCUT2D eigenvalue weighted by molar-refractivity contribution is -0.147. The van der Waals surface area contributed by atoms with Gasteiger partial charge in [0.05, 0.1) is 16.6 Å². The number of amides is 1. The van der Waals surface area contributed by atoms with Crippen molar-refractivity contribution in [1.29, 1.82) is 0 Å². The standard InChI is InChI=1S/C12H16N2O3S/c1-12(11(16)17)4-5-14(7-12)10(15)3-2-9-6-18-8-13-9/h6,8H,2-5,7H2,1H3,(H,16,17). The van der Waals surface area contributed by atoms with Crippen LogP contribution in [0.1, 0.15) is 25.5 Å². The van der Waals surface area contributed by atoms with Crippen molar-refractivity contribution in [2.75, 3.05) is 13.1 Å². The zero-order valence-electron chi connectivity index (χ0n) is 10.3. The molecule has 1 unspecified atom stereocenters. The zero-order valence-corrected chi connectivity index (χ0v) is 11.1. The van der Waals surface area contributed by atoms with Crippen LogP contribution in [0.15, 0.2) is 10.9 Å². The molecule has 2 rings (SSSR count). The molecule has 1 aromatic rings. The number of carbonyl (C=O) groups is 2. The molecule has 2 heterocycles. The van der Waals surface area contributed by atoms with Crippen LogP contribution in [-0.4, -0.2) is 40.0 Å². The first-order valence-corrected chi connectivity index (χ1v) is 6.84. The molecule has 1 aromatic heterocycles. The molecular weight excluding hydrogens is 252 g/mol. The summed E-state index contributed by atoms with van der Waals surface area (Å²) in [4.78, 5) is 28.8. The number of nitrogens with zero attached hydrogens (tertiary/aromatic N) is 2. The van der Waals surface area contributed by atoms with Gasteiger partial charge in [0.1, 0.15) is 0 Å². The largest absolute Gasteiger partial charge is 0.481 e. The van der Waals surface area contributed by atoms with E-state index in [0.717, 1.165) is 5.69 Å².